The van der Waals surface area contributed by atoms with E-state index in [1.54, 1.807) is 0 Å². The van der Waals surface area contributed by atoms with E-state index in [9.17, 15) is 4.79 Å². The largest absolute Gasteiger partial charge is 0.330 e. The molecule has 1 fully saturated rings. The fourth-order valence-corrected chi connectivity index (χ4v) is 3.61. The molecule has 1 heterocycles. The molecule has 4 nitrogen and oxygen atoms in total. The van der Waals surface area contributed by atoms with Gasteiger partial charge in [-0.1, -0.05) is 18.2 Å². The van der Waals surface area contributed by atoms with Crippen molar-refractivity contribution in [1.29, 1.82) is 0 Å². The Balaban J connectivity index is 1.82. The third-order valence-electron chi connectivity index (χ3n) is 4.67. The number of carbonyl (C=O) groups excluding carboxylic acids is 1. The Morgan fingerprint density at radius 1 is 1.30 bits per heavy atom. The SMILES string of the molecule is NCCC1CN(C(=O)C2CCC(N)C2)c2ccccc21. The number of carbonyl (C=O) groups is 1. The van der Waals surface area contributed by atoms with Crippen LogP contribution in [-0.4, -0.2) is 25.0 Å². The molecule has 3 atom stereocenters. The molecule has 1 amide bonds. The van der Waals surface area contributed by atoms with E-state index in [2.05, 4.69) is 12.1 Å². The first-order chi connectivity index (χ1) is 9.70. The summed E-state index contributed by atoms with van der Waals surface area (Å²) in [7, 11) is 0. The van der Waals surface area contributed by atoms with Gasteiger partial charge in [0.1, 0.15) is 0 Å². The molecule has 108 valence electrons. The van der Waals surface area contributed by atoms with Gasteiger partial charge in [-0.3, -0.25) is 4.79 Å². The summed E-state index contributed by atoms with van der Waals surface area (Å²) < 4.78 is 0. The third-order valence-corrected chi connectivity index (χ3v) is 4.67. The zero-order valence-corrected chi connectivity index (χ0v) is 11.8. The van der Waals surface area contributed by atoms with Gasteiger partial charge >= 0.3 is 0 Å². The van der Waals surface area contributed by atoms with Crippen molar-refractivity contribution in [2.45, 2.75) is 37.6 Å². The number of fused-ring (bicyclic) bond motifs is 1. The normalized spacial score (nSPS) is 28.7. The number of benzene rings is 1. The molecule has 0 radical (unpaired) electrons. The monoisotopic (exact) mass is 273 g/mol. The topological polar surface area (TPSA) is 72.3 Å². The molecular formula is C16H23N3O. The lowest BCUT2D eigenvalue weighted by molar-refractivity contribution is -0.122. The summed E-state index contributed by atoms with van der Waals surface area (Å²) in [5.41, 5.74) is 14.0. The van der Waals surface area contributed by atoms with Crippen LogP contribution in [0.1, 0.15) is 37.2 Å². The summed E-state index contributed by atoms with van der Waals surface area (Å²) in [6.07, 6.45) is 3.67. The molecule has 1 aliphatic heterocycles. The molecule has 0 spiro atoms. The second-order valence-electron chi connectivity index (χ2n) is 6.05. The zero-order valence-electron chi connectivity index (χ0n) is 11.8. The Morgan fingerprint density at radius 3 is 2.80 bits per heavy atom. The van der Waals surface area contributed by atoms with E-state index in [1.165, 1.54) is 5.56 Å². The van der Waals surface area contributed by atoms with Crippen molar-refractivity contribution in [3.8, 4) is 0 Å². The Hall–Kier alpha value is -1.39. The first-order valence-corrected chi connectivity index (χ1v) is 7.56. The average molecular weight is 273 g/mol. The van der Waals surface area contributed by atoms with Crippen LogP contribution in [0.15, 0.2) is 24.3 Å². The van der Waals surface area contributed by atoms with Crippen LogP contribution in [0.3, 0.4) is 0 Å². The number of nitrogens with zero attached hydrogens (tertiary/aromatic N) is 1. The van der Waals surface area contributed by atoms with Gasteiger partial charge in [-0.2, -0.15) is 0 Å². The Morgan fingerprint density at radius 2 is 2.10 bits per heavy atom. The maximum Gasteiger partial charge on any atom is 0.230 e. The van der Waals surface area contributed by atoms with Gasteiger partial charge < -0.3 is 16.4 Å². The molecule has 4 N–H and O–H groups in total. The predicted molar refractivity (Wildman–Crippen MR) is 80.5 cm³/mol. The molecule has 0 aromatic heterocycles. The van der Waals surface area contributed by atoms with E-state index >= 15 is 0 Å². The molecule has 3 rings (SSSR count). The van der Waals surface area contributed by atoms with Crippen molar-refractivity contribution in [1.82, 2.24) is 0 Å². The van der Waals surface area contributed by atoms with Gasteiger partial charge in [0.15, 0.2) is 0 Å². The summed E-state index contributed by atoms with van der Waals surface area (Å²) in [6.45, 7) is 1.44. The number of amides is 1. The highest BCUT2D eigenvalue weighted by Gasteiger charge is 2.37. The van der Waals surface area contributed by atoms with Crippen LogP contribution in [0.5, 0.6) is 0 Å². The molecule has 1 aliphatic carbocycles. The molecule has 4 heteroatoms. The number of anilines is 1. The number of hydrogen-bond donors (Lipinski definition) is 2. The minimum atomic E-state index is 0.106. The summed E-state index contributed by atoms with van der Waals surface area (Å²) >= 11 is 0. The molecule has 20 heavy (non-hydrogen) atoms. The highest BCUT2D eigenvalue weighted by molar-refractivity contribution is 5.97. The Kier molecular flexibility index (Phi) is 3.76. The van der Waals surface area contributed by atoms with E-state index in [4.69, 9.17) is 11.5 Å². The first-order valence-electron chi connectivity index (χ1n) is 7.56. The van der Waals surface area contributed by atoms with Crippen LogP contribution in [0.2, 0.25) is 0 Å². The first kappa shape index (κ1) is 13.6. The molecule has 0 bridgehead atoms. The highest BCUT2D eigenvalue weighted by atomic mass is 16.2. The van der Waals surface area contributed by atoms with Gasteiger partial charge in [0.2, 0.25) is 5.91 Å². The molecule has 0 saturated heterocycles. The Bertz CT molecular complexity index is 502. The van der Waals surface area contributed by atoms with Crippen LogP contribution in [0, 0.1) is 5.92 Å². The fourth-order valence-electron chi connectivity index (χ4n) is 3.61. The lowest BCUT2D eigenvalue weighted by Gasteiger charge is -2.21. The molecule has 1 aromatic carbocycles. The summed E-state index contributed by atoms with van der Waals surface area (Å²) in [4.78, 5) is 14.7. The van der Waals surface area contributed by atoms with E-state index in [-0.39, 0.29) is 17.9 Å². The van der Waals surface area contributed by atoms with Gasteiger partial charge in [0.25, 0.3) is 0 Å². The summed E-state index contributed by atoms with van der Waals surface area (Å²) in [6, 6.07) is 8.43. The number of nitrogens with two attached hydrogens (primary N) is 2. The van der Waals surface area contributed by atoms with Crippen molar-refractivity contribution < 1.29 is 4.79 Å². The van der Waals surface area contributed by atoms with Crippen molar-refractivity contribution >= 4 is 11.6 Å². The van der Waals surface area contributed by atoms with Crippen LogP contribution >= 0.6 is 0 Å². The number of para-hydroxylation sites is 1. The predicted octanol–water partition coefficient (Wildman–Crippen LogP) is 1.59. The second-order valence-corrected chi connectivity index (χ2v) is 6.05. The fraction of sp³-hybridized carbons (Fsp3) is 0.562. The lowest BCUT2D eigenvalue weighted by atomic mass is 9.98. The third kappa shape index (κ3) is 2.34. The number of hydrogen-bond acceptors (Lipinski definition) is 3. The van der Waals surface area contributed by atoms with Crippen LogP contribution in [0.4, 0.5) is 5.69 Å². The van der Waals surface area contributed by atoms with Gasteiger partial charge in [0.05, 0.1) is 0 Å². The van der Waals surface area contributed by atoms with E-state index in [1.807, 2.05) is 17.0 Å². The van der Waals surface area contributed by atoms with Gasteiger partial charge in [-0.15, -0.1) is 0 Å². The smallest absolute Gasteiger partial charge is 0.230 e. The summed E-state index contributed by atoms with van der Waals surface area (Å²) in [5.74, 6) is 0.745. The highest BCUT2D eigenvalue weighted by Crippen LogP contribution is 2.39. The molecular weight excluding hydrogens is 250 g/mol. The molecule has 1 saturated carbocycles. The maximum atomic E-state index is 12.7. The quantitative estimate of drug-likeness (QED) is 0.878. The Labute approximate surface area is 120 Å². The average Bonchev–Trinajstić information content (AvgIpc) is 3.04. The second kappa shape index (κ2) is 5.54. The summed E-state index contributed by atoms with van der Waals surface area (Å²) in [5, 5.41) is 0. The minimum absolute atomic E-state index is 0.106. The van der Waals surface area contributed by atoms with Gasteiger partial charge in [-0.25, -0.2) is 0 Å². The van der Waals surface area contributed by atoms with Crippen molar-refractivity contribution in [2.75, 3.05) is 18.0 Å². The lowest BCUT2D eigenvalue weighted by Crippen LogP contribution is -2.35. The van der Waals surface area contributed by atoms with Crippen LogP contribution in [0.25, 0.3) is 0 Å². The minimum Gasteiger partial charge on any atom is -0.330 e. The number of rotatable bonds is 3. The van der Waals surface area contributed by atoms with Crippen LogP contribution < -0.4 is 16.4 Å². The van der Waals surface area contributed by atoms with E-state index in [0.717, 1.165) is 37.9 Å². The molecule has 3 unspecified atom stereocenters. The van der Waals surface area contributed by atoms with Crippen molar-refractivity contribution in [3.63, 3.8) is 0 Å². The standard InChI is InChI=1S/C16H23N3O/c17-8-7-12-10-19(15-4-2-1-3-14(12)15)16(20)11-5-6-13(18)9-11/h1-4,11-13H,5-10,17-18H2. The maximum absolute atomic E-state index is 12.7. The van der Waals surface area contributed by atoms with Gasteiger partial charge in [0, 0.05) is 30.1 Å². The zero-order chi connectivity index (χ0) is 14.1. The molecule has 2 aliphatic rings. The van der Waals surface area contributed by atoms with Crippen molar-refractivity contribution in [2.24, 2.45) is 17.4 Å². The van der Waals surface area contributed by atoms with E-state index in [0.29, 0.717) is 12.5 Å². The van der Waals surface area contributed by atoms with Gasteiger partial charge in [-0.05, 0) is 43.9 Å². The van der Waals surface area contributed by atoms with Crippen LogP contribution in [-0.2, 0) is 4.79 Å². The molecule has 1 aromatic rings. The van der Waals surface area contributed by atoms with E-state index < -0.39 is 0 Å². The van der Waals surface area contributed by atoms with Crippen molar-refractivity contribution in [3.05, 3.63) is 29.8 Å².